The van der Waals surface area contributed by atoms with E-state index in [9.17, 15) is 4.79 Å². The molecule has 0 radical (unpaired) electrons. The van der Waals surface area contributed by atoms with Gasteiger partial charge in [-0.1, -0.05) is 12.2 Å². The fraction of sp³-hybridized carbons (Fsp3) is 0.400. The summed E-state index contributed by atoms with van der Waals surface area (Å²) in [5.74, 6) is 0.355. The van der Waals surface area contributed by atoms with Gasteiger partial charge in [-0.2, -0.15) is 4.98 Å². The highest BCUT2D eigenvalue weighted by Gasteiger charge is 2.19. The first-order valence-corrected chi connectivity index (χ1v) is 9.67. The zero-order valence-electron chi connectivity index (χ0n) is 15.8. The van der Waals surface area contributed by atoms with Gasteiger partial charge in [0.05, 0.1) is 11.7 Å². The molecule has 28 heavy (non-hydrogen) atoms. The fourth-order valence-electron chi connectivity index (χ4n) is 2.93. The van der Waals surface area contributed by atoms with Crippen LogP contribution in [0.1, 0.15) is 55.5 Å². The first-order chi connectivity index (χ1) is 13.4. The Bertz CT molecular complexity index is 849. The van der Waals surface area contributed by atoms with E-state index in [1.165, 1.54) is 12.3 Å². The van der Waals surface area contributed by atoms with Crippen LogP contribution in [0.15, 0.2) is 30.5 Å². The zero-order chi connectivity index (χ0) is 20.1. The topological polar surface area (TPSA) is 93.6 Å². The number of carbonyl (C=O) groups is 1. The number of pyridine rings is 2. The molecule has 1 fully saturated rings. The predicted octanol–water partition coefficient (Wildman–Crippen LogP) is 4.07. The third-order valence-electron chi connectivity index (χ3n) is 4.24. The van der Waals surface area contributed by atoms with Crippen molar-refractivity contribution in [1.29, 1.82) is 0 Å². The van der Waals surface area contributed by atoms with E-state index in [0.717, 1.165) is 25.7 Å². The number of hydrogen-bond donors (Lipinski definition) is 2. The van der Waals surface area contributed by atoms with Gasteiger partial charge in [-0.15, -0.1) is 0 Å². The van der Waals surface area contributed by atoms with Crippen LogP contribution in [0.5, 0.6) is 11.8 Å². The normalized spacial score (nSPS) is 14.1. The van der Waals surface area contributed by atoms with Crippen LogP contribution in [-0.4, -0.2) is 38.2 Å². The lowest BCUT2D eigenvalue weighted by molar-refractivity contribution is 0.0696. The Morgan fingerprint density at radius 2 is 1.93 bits per heavy atom. The molecule has 2 heterocycles. The number of nitrogens with one attached hydrogen (secondary N) is 1. The zero-order valence-corrected chi connectivity index (χ0v) is 16.7. The molecule has 2 aromatic rings. The number of carboxylic acid groups (broad SMARTS) is 1. The average Bonchev–Trinajstić information content (AvgIpc) is 3.14. The maximum Gasteiger partial charge on any atom is 0.337 e. The first-order valence-electron chi connectivity index (χ1n) is 9.27. The van der Waals surface area contributed by atoms with Crippen LogP contribution in [-0.2, 0) is 0 Å². The number of carboxylic acids is 1. The molecule has 0 atom stereocenters. The molecule has 0 amide bonds. The Morgan fingerprint density at radius 3 is 2.54 bits per heavy atom. The van der Waals surface area contributed by atoms with Crippen molar-refractivity contribution < 1.29 is 19.4 Å². The van der Waals surface area contributed by atoms with Crippen LogP contribution in [0.2, 0.25) is 0 Å². The van der Waals surface area contributed by atoms with Gasteiger partial charge in [0.1, 0.15) is 16.9 Å². The molecule has 3 rings (SSSR count). The number of aromatic nitrogens is 2. The van der Waals surface area contributed by atoms with Crippen LogP contribution in [0.3, 0.4) is 0 Å². The lowest BCUT2D eigenvalue weighted by Gasteiger charge is -2.16. The molecule has 0 saturated heterocycles. The Morgan fingerprint density at radius 1 is 1.21 bits per heavy atom. The van der Waals surface area contributed by atoms with Gasteiger partial charge in [0.25, 0.3) is 0 Å². The molecule has 0 unspecified atom stereocenters. The van der Waals surface area contributed by atoms with Gasteiger partial charge in [0.2, 0.25) is 11.8 Å². The summed E-state index contributed by atoms with van der Waals surface area (Å²) in [4.78, 5) is 19.9. The molecule has 2 aromatic heterocycles. The second kappa shape index (κ2) is 8.97. The van der Waals surface area contributed by atoms with Gasteiger partial charge in [-0.3, -0.25) is 0 Å². The largest absolute Gasteiger partial charge is 0.478 e. The molecule has 0 aliphatic heterocycles. The highest BCUT2D eigenvalue weighted by molar-refractivity contribution is 7.81. The van der Waals surface area contributed by atoms with E-state index in [1.54, 1.807) is 18.2 Å². The average molecular weight is 401 g/mol. The van der Waals surface area contributed by atoms with Crippen LogP contribution >= 0.6 is 12.2 Å². The molecule has 0 bridgehead atoms. The molecule has 0 spiro atoms. The number of anilines is 1. The SMILES string of the molecule is CC(C)Oc1cc(C(=S)Nc2ccc(C(=O)O)cn2)cc(OC2CCCC2)n1. The molecule has 1 aliphatic rings. The van der Waals surface area contributed by atoms with Crippen molar-refractivity contribution in [3.63, 3.8) is 0 Å². The standard InChI is InChI=1S/C20H23N3O4S/c1-12(2)26-17-9-14(10-18(23-17)27-15-5-3-4-6-15)19(28)22-16-8-7-13(11-21-16)20(24)25/h7-12,15H,3-6H2,1-2H3,(H,24,25)(H,21,22,28). The van der Waals surface area contributed by atoms with E-state index in [2.05, 4.69) is 15.3 Å². The van der Waals surface area contributed by atoms with Gasteiger partial charge in [0, 0.05) is 23.9 Å². The Hall–Kier alpha value is -2.74. The summed E-state index contributed by atoms with van der Waals surface area (Å²) in [7, 11) is 0. The van der Waals surface area contributed by atoms with E-state index in [0.29, 0.717) is 28.1 Å². The molecule has 1 saturated carbocycles. The van der Waals surface area contributed by atoms with Crippen LogP contribution in [0.25, 0.3) is 0 Å². The van der Waals surface area contributed by atoms with E-state index in [1.807, 2.05) is 13.8 Å². The Kier molecular flexibility index (Phi) is 6.41. The number of hydrogen-bond acceptors (Lipinski definition) is 6. The van der Waals surface area contributed by atoms with Gasteiger partial charge in [0.15, 0.2) is 0 Å². The second-order valence-electron chi connectivity index (χ2n) is 6.91. The number of ether oxygens (including phenoxy) is 2. The van der Waals surface area contributed by atoms with Crippen molar-refractivity contribution in [3.05, 3.63) is 41.6 Å². The molecule has 0 aromatic carbocycles. The van der Waals surface area contributed by atoms with Crippen LogP contribution < -0.4 is 14.8 Å². The molecule has 2 N–H and O–H groups in total. The molecular weight excluding hydrogens is 378 g/mol. The quantitative estimate of drug-likeness (QED) is 0.671. The highest BCUT2D eigenvalue weighted by atomic mass is 32.1. The van der Waals surface area contributed by atoms with Crippen molar-refractivity contribution in [2.75, 3.05) is 5.32 Å². The lowest BCUT2D eigenvalue weighted by Crippen LogP contribution is -2.16. The number of nitrogens with zero attached hydrogens (tertiary/aromatic N) is 2. The summed E-state index contributed by atoms with van der Waals surface area (Å²) in [5, 5.41) is 12.0. The Balaban J connectivity index is 1.79. The maximum absolute atomic E-state index is 10.9. The van der Waals surface area contributed by atoms with E-state index < -0.39 is 5.97 Å². The molecule has 8 heteroatoms. The smallest absolute Gasteiger partial charge is 0.337 e. The van der Waals surface area contributed by atoms with Crippen LogP contribution in [0.4, 0.5) is 5.82 Å². The van der Waals surface area contributed by atoms with Gasteiger partial charge in [-0.25, -0.2) is 9.78 Å². The minimum absolute atomic E-state index is 0.0335. The van der Waals surface area contributed by atoms with Gasteiger partial charge >= 0.3 is 5.97 Å². The minimum Gasteiger partial charge on any atom is -0.478 e. The first kappa shape index (κ1) is 20.0. The van der Waals surface area contributed by atoms with Crippen molar-refractivity contribution in [2.45, 2.75) is 51.7 Å². The van der Waals surface area contributed by atoms with Crippen molar-refractivity contribution in [1.82, 2.24) is 9.97 Å². The lowest BCUT2D eigenvalue weighted by atomic mass is 10.2. The number of thiocarbonyl (C=S) groups is 1. The second-order valence-corrected chi connectivity index (χ2v) is 7.32. The van der Waals surface area contributed by atoms with Crippen LogP contribution in [0, 0.1) is 0 Å². The molecule has 148 valence electrons. The van der Waals surface area contributed by atoms with Gasteiger partial charge < -0.3 is 19.9 Å². The fourth-order valence-corrected chi connectivity index (χ4v) is 3.16. The predicted molar refractivity (Wildman–Crippen MR) is 109 cm³/mol. The number of aromatic carboxylic acids is 1. The number of rotatable bonds is 7. The molecule has 7 nitrogen and oxygen atoms in total. The highest BCUT2D eigenvalue weighted by Crippen LogP contribution is 2.26. The summed E-state index contributed by atoms with van der Waals surface area (Å²) in [6, 6.07) is 6.57. The van der Waals surface area contributed by atoms with Crippen molar-refractivity contribution in [2.24, 2.45) is 0 Å². The van der Waals surface area contributed by atoms with Crippen molar-refractivity contribution in [3.8, 4) is 11.8 Å². The van der Waals surface area contributed by atoms with Crippen molar-refractivity contribution >= 4 is 29.0 Å². The Labute approximate surface area is 169 Å². The molecular formula is C20H23N3O4S. The monoisotopic (exact) mass is 401 g/mol. The van der Waals surface area contributed by atoms with E-state index in [-0.39, 0.29) is 17.8 Å². The summed E-state index contributed by atoms with van der Waals surface area (Å²) in [6.45, 7) is 3.85. The third-order valence-corrected chi connectivity index (χ3v) is 4.58. The maximum atomic E-state index is 10.9. The summed E-state index contributed by atoms with van der Waals surface area (Å²) < 4.78 is 11.8. The third kappa shape index (κ3) is 5.39. The summed E-state index contributed by atoms with van der Waals surface area (Å²) >= 11 is 5.50. The van der Waals surface area contributed by atoms with E-state index in [4.69, 9.17) is 26.8 Å². The van der Waals surface area contributed by atoms with Gasteiger partial charge in [-0.05, 0) is 51.7 Å². The van der Waals surface area contributed by atoms with E-state index >= 15 is 0 Å². The summed E-state index contributed by atoms with van der Waals surface area (Å²) in [6.07, 6.45) is 5.79. The summed E-state index contributed by atoms with van der Waals surface area (Å²) in [5.41, 5.74) is 0.804. The minimum atomic E-state index is -1.03. The molecule has 1 aliphatic carbocycles.